The second kappa shape index (κ2) is 6.27. The van der Waals surface area contributed by atoms with Gasteiger partial charge in [-0.1, -0.05) is 37.8 Å². The molecule has 0 spiro atoms. The van der Waals surface area contributed by atoms with Gasteiger partial charge in [-0.25, -0.2) is 0 Å². The van der Waals surface area contributed by atoms with Gasteiger partial charge in [0, 0.05) is 12.0 Å². The van der Waals surface area contributed by atoms with Crippen LogP contribution in [0.15, 0.2) is 24.3 Å². The Kier molecular flexibility index (Phi) is 4.93. The third-order valence-electron chi connectivity index (χ3n) is 2.32. The molecule has 0 unspecified atom stereocenters. The molecule has 0 atom stereocenters. The Bertz CT molecular complexity index is 338. The molecule has 1 aromatic carbocycles. The van der Waals surface area contributed by atoms with Crippen LogP contribution < -0.4 is 5.73 Å². The lowest BCUT2D eigenvalue weighted by Crippen LogP contribution is -1.96. The maximum absolute atomic E-state index is 5.39. The quantitative estimate of drug-likeness (QED) is 0.590. The molecule has 0 amide bonds. The van der Waals surface area contributed by atoms with E-state index in [-0.39, 0.29) is 0 Å². The molecule has 1 heteroatoms. The van der Waals surface area contributed by atoms with Crippen LogP contribution in [-0.4, -0.2) is 6.54 Å². The van der Waals surface area contributed by atoms with Crippen molar-refractivity contribution in [1.82, 2.24) is 0 Å². The standard InChI is InChI=1S/C14H19N/c1-12(2)14-9-7-13(8-10-14)6-4-3-5-11-15/h7-10,12H,3,5,11,15H2,1-2H3. The molecule has 0 aliphatic rings. The Hall–Kier alpha value is -1.26. The van der Waals surface area contributed by atoms with Gasteiger partial charge in [0.15, 0.2) is 0 Å². The van der Waals surface area contributed by atoms with Crippen molar-refractivity contribution in [2.75, 3.05) is 6.54 Å². The Morgan fingerprint density at radius 2 is 1.87 bits per heavy atom. The third-order valence-corrected chi connectivity index (χ3v) is 2.32. The first kappa shape index (κ1) is 11.8. The number of hydrogen-bond acceptors (Lipinski definition) is 1. The van der Waals surface area contributed by atoms with Gasteiger partial charge in [0.2, 0.25) is 0 Å². The van der Waals surface area contributed by atoms with Gasteiger partial charge in [0.1, 0.15) is 0 Å². The molecule has 0 aliphatic carbocycles. The van der Waals surface area contributed by atoms with E-state index in [0.29, 0.717) is 5.92 Å². The highest BCUT2D eigenvalue weighted by Crippen LogP contribution is 2.14. The molecule has 1 nitrogen and oxygen atoms in total. The maximum Gasteiger partial charge on any atom is 0.0245 e. The number of hydrogen-bond donors (Lipinski definition) is 1. The highest BCUT2D eigenvalue weighted by Gasteiger charge is 1.96. The highest BCUT2D eigenvalue weighted by atomic mass is 14.5. The SMILES string of the molecule is CC(C)c1ccc(C#CCCCN)cc1. The summed E-state index contributed by atoms with van der Waals surface area (Å²) in [5, 5.41) is 0. The van der Waals surface area contributed by atoms with Crippen LogP contribution in [-0.2, 0) is 0 Å². The predicted molar refractivity (Wildman–Crippen MR) is 65.7 cm³/mol. The van der Waals surface area contributed by atoms with Gasteiger partial charge in [-0.05, 0) is 36.6 Å². The topological polar surface area (TPSA) is 26.0 Å². The van der Waals surface area contributed by atoms with Gasteiger partial charge in [0.05, 0.1) is 0 Å². The summed E-state index contributed by atoms with van der Waals surface area (Å²) in [6.45, 7) is 5.12. The molecule has 0 saturated heterocycles. The normalized spacial score (nSPS) is 9.87. The van der Waals surface area contributed by atoms with Crippen LogP contribution in [0.5, 0.6) is 0 Å². The zero-order chi connectivity index (χ0) is 11.1. The van der Waals surface area contributed by atoms with Crippen molar-refractivity contribution in [2.24, 2.45) is 5.73 Å². The summed E-state index contributed by atoms with van der Waals surface area (Å²) in [7, 11) is 0. The predicted octanol–water partition coefficient (Wildman–Crippen LogP) is 2.90. The van der Waals surface area contributed by atoms with Crippen molar-refractivity contribution >= 4 is 0 Å². The average Bonchev–Trinajstić information content (AvgIpc) is 2.25. The van der Waals surface area contributed by atoms with Gasteiger partial charge >= 0.3 is 0 Å². The zero-order valence-corrected chi connectivity index (χ0v) is 9.59. The monoisotopic (exact) mass is 201 g/mol. The minimum absolute atomic E-state index is 0.587. The van der Waals surface area contributed by atoms with Crippen LogP contribution in [0, 0.1) is 11.8 Å². The second-order valence-electron chi connectivity index (χ2n) is 3.97. The molecular weight excluding hydrogens is 182 g/mol. The molecule has 0 bridgehead atoms. The van der Waals surface area contributed by atoms with Crippen LogP contribution in [0.1, 0.15) is 43.7 Å². The first-order valence-electron chi connectivity index (χ1n) is 5.53. The van der Waals surface area contributed by atoms with E-state index in [0.717, 1.165) is 24.9 Å². The maximum atomic E-state index is 5.39. The van der Waals surface area contributed by atoms with E-state index in [4.69, 9.17) is 5.73 Å². The summed E-state index contributed by atoms with van der Waals surface area (Å²) in [4.78, 5) is 0. The lowest BCUT2D eigenvalue weighted by atomic mass is 10.0. The van der Waals surface area contributed by atoms with E-state index in [1.165, 1.54) is 5.56 Å². The Balaban J connectivity index is 2.59. The largest absolute Gasteiger partial charge is 0.330 e. The fraction of sp³-hybridized carbons (Fsp3) is 0.429. The zero-order valence-electron chi connectivity index (χ0n) is 9.59. The van der Waals surface area contributed by atoms with Crippen molar-refractivity contribution in [3.05, 3.63) is 35.4 Å². The molecule has 80 valence electrons. The smallest absolute Gasteiger partial charge is 0.0245 e. The van der Waals surface area contributed by atoms with Crippen molar-refractivity contribution in [3.8, 4) is 11.8 Å². The number of benzene rings is 1. The highest BCUT2D eigenvalue weighted by molar-refractivity contribution is 5.36. The molecule has 1 rings (SSSR count). The number of rotatable bonds is 3. The van der Waals surface area contributed by atoms with Gasteiger partial charge < -0.3 is 5.73 Å². The van der Waals surface area contributed by atoms with Crippen LogP contribution >= 0.6 is 0 Å². The Morgan fingerprint density at radius 3 is 2.40 bits per heavy atom. The molecular formula is C14H19N. The van der Waals surface area contributed by atoms with E-state index >= 15 is 0 Å². The summed E-state index contributed by atoms with van der Waals surface area (Å²) in [5.74, 6) is 6.85. The third kappa shape index (κ3) is 4.18. The second-order valence-corrected chi connectivity index (χ2v) is 3.97. The van der Waals surface area contributed by atoms with E-state index in [1.807, 2.05) is 0 Å². The van der Waals surface area contributed by atoms with Gasteiger partial charge in [-0.3, -0.25) is 0 Å². The molecule has 0 aliphatic heterocycles. The van der Waals surface area contributed by atoms with Crippen LogP contribution in [0.3, 0.4) is 0 Å². The van der Waals surface area contributed by atoms with Crippen molar-refractivity contribution in [1.29, 1.82) is 0 Å². The van der Waals surface area contributed by atoms with E-state index in [1.54, 1.807) is 0 Å². The van der Waals surface area contributed by atoms with Crippen LogP contribution in [0.25, 0.3) is 0 Å². The fourth-order valence-corrected chi connectivity index (χ4v) is 1.31. The summed E-state index contributed by atoms with van der Waals surface area (Å²) < 4.78 is 0. The first-order chi connectivity index (χ1) is 7.24. The summed E-state index contributed by atoms with van der Waals surface area (Å²) in [6, 6.07) is 8.48. The molecule has 0 saturated carbocycles. The van der Waals surface area contributed by atoms with Gasteiger partial charge in [0.25, 0.3) is 0 Å². The molecule has 2 N–H and O–H groups in total. The molecule has 0 fully saturated rings. The van der Waals surface area contributed by atoms with E-state index in [2.05, 4.69) is 50.0 Å². The lowest BCUT2D eigenvalue weighted by Gasteiger charge is -2.03. The average molecular weight is 201 g/mol. The Labute approximate surface area is 92.7 Å². The Morgan fingerprint density at radius 1 is 1.20 bits per heavy atom. The molecule has 1 aromatic rings. The van der Waals surface area contributed by atoms with Crippen molar-refractivity contribution in [2.45, 2.75) is 32.6 Å². The van der Waals surface area contributed by atoms with E-state index in [9.17, 15) is 0 Å². The minimum atomic E-state index is 0.587. The molecule has 0 heterocycles. The van der Waals surface area contributed by atoms with Crippen LogP contribution in [0.4, 0.5) is 0 Å². The van der Waals surface area contributed by atoms with Crippen molar-refractivity contribution in [3.63, 3.8) is 0 Å². The first-order valence-corrected chi connectivity index (χ1v) is 5.53. The summed E-state index contributed by atoms with van der Waals surface area (Å²) in [5.41, 5.74) is 7.85. The summed E-state index contributed by atoms with van der Waals surface area (Å²) in [6.07, 6.45) is 1.87. The lowest BCUT2D eigenvalue weighted by molar-refractivity contribution is 0.866. The van der Waals surface area contributed by atoms with Crippen LogP contribution in [0.2, 0.25) is 0 Å². The fourth-order valence-electron chi connectivity index (χ4n) is 1.31. The molecule has 15 heavy (non-hydrogen) atoms. The van der Waals surface area contributed by atoms with Crippen molar-refractivity contribution < 1.29 is 0 Å². The van der Waals surface area contributed by atoms with Gasteiger partial charge in [-0.2, -0.15) is 0 Å². The number of unbranched alkanes of at least 4 members (excludes halogenated alkanes) is 1. The van der Waals surface area contributed by atoms with E-state index < -0.39 is 0 Å². The molecule has 0 radical (unpaired) electrons. The minimum Gasteiger partial charge on any atom is -0.330 e. The number of nitrogens with two attached hydrogens (primary N) is 1. The van der Waals surface area contributed by atoms with Gasteiger partial charge in [-0.15, -0.1) is 0 Å². The molecule has 0 aromatic heterocycles. The summed E-state index contributed by atoms with van der Waals surface area (Å²) >= 11 is 0.